The summed E-state index contributed by atoms with van der Waals surface area (Å²) in [6.07, 6.45) is 0. The molecule has 0 unspecified atom stereocenters. The summed E-state index contributed by atoms with van der Waals surface area (Å²) >= 11 is 0. The van der Waals surface area contributed by atoms with E-state index < -0.39 is 10.0 Å². The molecule has 0 aliphatic rings. The van der Waals surface area contributed by atoms with Crippen LogP contribution in [0.25, 0.3) is 11.3 Å². The van der Waals surface area contributed by atoms with Crippen molar-refractivity contribution < 1.29 is 17.9 Å². The second-order valence-electron chi connectivity index (χ2n) is 7.26. The monoisotopic (exact) mass is 461 g/mol. The Balaban J connectivity index is 1.27. The van der Waals surface area contributed by atoms with Crippen LogP contribution in [0.15, 0.2) is 95.9 Å². The number of aromatic nitrogens is 2. The highest BCUT2D eigenvalue weighted by Crippen LogP contribution is 2.22. The Morgan fingerprint density at radius 3 is 2.15 bits per heavy atom. The number of aryl methyl sites for hydroxylation is 1. The highest BCUT2D eigenvalue weighted by Gasteiger charge is 2.13. The van der Waals surface area contributed by atoms with Crippen molar-refractivity contribution in [1.29, 1.82) is 0 Å². The van der Waals surface area contributed by atoms with Gasteiger partial charge >= 0.3 is 0 Å². The zero-order valence-corrected chi connectivity index (χ0v) is 18.8. The third-order valence-electron chi connectivity index (χ3n) is 4.74. The molecule has 0 aliphatic heterocycles. The number of nitrogens with zero attached hydrogens (tertiary/aromatic N) is 2. The van der Waals surface area contributed by atoms with E-state index in [2.05, 4.69) is 14.9 Å². The second kappa shape index (κ2) is 10.2. The van der Waals surface area contributed by atoms with Crippen LogP contribution in [0.1, 0.15) is 5.56 Å². The Labute approximate surface area is 193 Å². The molecule has 0 atom stereocenters. The molecule has 0 spiro atoms. The van der Waals surface area contributed by atoms with E-state index in [9.17, 15) is 8.42 Å². The van der Waals surface area contributed by atoms with Gasteiger partial charge in [-0.2, -0.15) is 0 Å². The van der Waals surface area contributed by atoms with E-state index in [1.807, 2.05) is 67.6 Å². The minimum atomic E-state index is -3.67. The van der Waals surface area contributed by atoms with Crippen LogP contribution in [-0.2, 0) is 10.0 Å². The quantitative estimate of drug-likeness (QED) is 0.366. The molecule has 7 nitrogen and oxygen atoms in total. The van der Waals surface area contributed by atoms with E-state index in [1.54, 1.807) is 18.2 Å². The van der Waals surface area contributed by atoms with Crippen molar-refractivity contribution in [3.05, 3.63) is 96.6 Å². The summed E-state index contributed by atoms with van der Waals surface area (Å²) in [7, 11) is -3.67. The van der Waals surface area contributed by atoms with E-state index in [4.69, 9.17) is 9.47 Å². The van der Waals surface area contributed by atoms with E-state index in [1.165, 1.54) is 17.7 Å². The fourth-order valence-electron chi connectivity index (χ4n) is 3.00. The summed E-state index contributed by atoms with van der Waals surface area (Å²) in [6, 6.07) is 27.0. The lowest BCUT2D eigenvalue weighted by atomic mass is 10.1. The Morgan fingerprint density at radius 1 is 0.788 bits per heavy atom. The van der Waals surface area contributed by atoms with Gasteiger partial charge in [0.2, 0.25) is 15.9 Å². The number of para-hydroxylation sites is 1. The molecule has 0 radical (unpaired) electrons. The first-order valence-electron chi connectivity index (χ1n) is 10.4. The summed E-state index contributed by atoms with van der Waals surface area (Å²) < 4.78 is 38.7. The SMILES string of the molecule is Cc1ccc(-c2ccc(OCCNS(=O)(=O)c3ccc(Oc4ccccc4)cc3)nn2)cc1. The Bertz CT molecular complexity index is 1280. The number of nitrogens with one attached hydrogen (secondary N) is 1. The summed E-state index contributed by atoms with van der Waals surface area (Å²) in [4.78, 5) is 0.144. The molecule has 33 heavy (non-hydrogen) atoms. The molecular weight excluding hydrogens is 438 g/mol. The van der Waals surface area contributed by atoms with Gasteiger partial charge in [0.25, 0.3) is 0 Å². The summed E-state index contributed by atoms with van der Waals surface area (Å²) in [5.74, 6) is 1.56. The molecule has 0 fully saturated rings. The smallest absolute Gasteiger partial charge is 0.240 e. The Kier molecular flexibility index (Phi) is 6.97. The number of benzene rings is 3. The van der Waals surface area contributed by atoms with Crippen LogP contribution >= 0.6 is 0 Å². The van der Waals surface area contributed by atoms with Crippen LogP contribution in [-0.4, -0.2) is 31.8 Å². The van der Waals surface area contributed by atoms with Crippen molar-refractivity contribution >= 4 is 10.0 Å². The number of sulfonamides is 1. The van der Waals surface area contributed by atoms with E-state index in [0.717, 1.165) is 11.3 Å². The highest BCUT2D eigenvalue weighted by atomic mass is 32.2. The third-order valence-corrected chi connectivity index (χ3v) is 6.22. The fourth-order valence-corrected chi connectivity index (χ4v) is 4.01. The van der Waals surface area contributed by atoms with Crippen molar-refractivity contribution in [1.82, 2.24) is 14.9 Å². The fraction of sp³-hybridized carbons (Fsp3) is 0.120. The largest absolute Gasteiger partial charge is 0.475 e. The number of hydrogen-bond acceptors (Lipinski definition) is 6. The van der Waals surface area contributed by atoms with Gasteiger partial charge in [0.15, 0.2) is 0 Å². The van der Waals surface area contributed by atoms with Crippen molar-refractivity contribution in [3.63, 3.8) is 0 Å². The number of hydrogen-bond donors (Lipinski definition) is 1. The van der Waals surface area contributed by atoms with Crippen molar-refractivity contribution in [2.24, 2.45) is 0 Å². The van der Waals surface area contributed by atoms with Gasteiger partial charge < -0.3 is 9.47 Å². The van der Waals surface area contributed by atoms with Crippen molar-refractivity contribution in [2.75, 3.05) is 13.2 Å². The maximum absolute atomic E-state index is 12.5. The first kappa shape index (κ1) is 22.4. The molecule has 1 N–H and O–H groups in total. The van der Waals surface area contributed by atoms with Crippen molar-refractivity contribution in [2.45, 2.75) is 11.8 Å². The molecule has 8 heteroatoms. The molecule has 3 aromatic carbocycles. The topological polar surface area (TPSA) is 90.4 Å². The lowest BCUT2D eigenvalue weighted by Crippen LogP contribution is -2.28. The zero-order valence-electron chi connectivity index (χ0n) is 18.0. The van der Waals surface area contributed by atoms with Gasteiger partial charge in [0.1, 0.15) is 18.1 Å². The highest BCUT2D eigenvalue weighted by molar-refractivity contribution is 7.89. The lowest BCUT2D eigenvalue weighted by Gasteiger charge is -2.09. The Hall–Kier alpha value is -3.75. The average molecular weight is 462 g/mol. The van der Waals surface area contributed by atoms with Crippen LogP contribution in [0, 0.1) is 6.92 Å². The maximum atomic E-state index is 12.5. The van der Waals surface area contributed by atoms with Gasteiger partial charge in [-0.1, -0.05) is 48.0 Å². The average Bonchev–Trinajstić information content (AvgIpc) is 2.84. The molecule has 0 bridgehead atoms. The summed E-state index contributed by atoms with van der Waals surface area (Å²) in [5, 5.41) is 8.22. The number of rotatable bonds is 9. The van der Waals surface area contributed by atoms with Gasteiger partial charge in [0.05, 0.1) is 10.6 Å². The van der Waals surface area contributed by atoms with Gasteiger partial charge in [-0.15, -0.1) is 10.2 Å². The van der Waals surface area contributed by atoms with Crippen LogP contribution in [0.3, 0.4) is 0 Å². The zero-order chi connectivity index (χ0) is 23.1. The Morgan fingerprint density at radius 2 is 1.48 bits per heavy atom. The standard InChI is InChI=1S/C25H23N3O4S/c1-19-7-9-20(10-8-19)24-15-16-25(28-27-24)31-18-17-26-33(29,30)23-13-11-22(12-14-23)32-21-5-3-2-4-6-21/h2-16,26H,17-18H2,1H3. The molecule has 1 heterocycles. The number of ether oxygens (including phenoxy) is 2. The van der Waals surface area contributed by atoms with Gasteiger partial charge in [-0.3, -0.25) is 0 Å². The van der Waals surface area contributed by atoms with Crippen molar-refractivity contribution in [3.8, 4) is 28.6 Å². The predicted molar refractivity (Wildman–Crippen MR) is 126 cm³/mol. The molecule has 0 saturated carbocycles. The molecule has 4 aromatic rings. The molecule has 0 amide bonds. The minimum Gasteiger partial charge on any atom is -0.475 e. The molecular formula is C25H23N3O4S. The summed E-state index contributed by atoms with van der Waals surface area (Å²) in [6.45, 7) is 2.23. The van der Waals surface area contributed by atoms with E-state index >= 15 is 0 Å². The normalized spacial score (nSPS) is 11.2. The van der Waals surface area contributed by atoms with E-state index in [0.29, 0.717) is 17.4 Å². The first-order chi connectivity index (χ1) is 16.0. The van der Waals surface area contributed by atoms with Gasteiger partial charge in [-0.05, 0) is 49.4 Å². The molecule has 0 aliphatic carbocycles. The molecule has 4 rings (SSSR count). The maximum Gasteiger partial charge on any atom is 0.240 e. The second-order valence-corrected chi connectivity index (χ2v) is 9.02. The first-order valence-corrected chi connectivity index (χ1v) is 11.8. The minimum absolute atomic E-state index is 0.0893. The van der Waals surface area contributed by atoms with Gasteiger partial charge in [-0.25, -0.2) is 13.1 Å². The third kappa shape index (κ3) is 6.15. The van der Waals surface area contributed by atoms with Crippen LogP contribution in [0.2, 0.25) is 0 Å². The van der Waals surface area contributed by atoms with E-state index in [-0.39, 0.29) is 18.0 Å². The van der Waals surface area contributed by atoms with Gasteiger partial charge in [0, 0.05) is 18.2 Å². The summed E-state index contributed by atoms with van der Waals surface area (Å²) in [5.41, 5.74) is 2.88. The predicted octanol–water partition coefficient (Wildman–Crippen LogP) is 4.60. The van der Waals surface area contributed by atoms with Crippen LogP contribution in [0.5, 0.6) is 17.4 Å². The van der Waals surface area contributed by atoms with Crippen LogP contribution < -0.4 is 14.2 Å². The molecule has 1 aromatic heterocycles. The molecule has 168 valence electrons. The van der Waals surface area contributed by atoms with Crippen LogP contribution in [0.4, 0.5) is 0 Å². The molecule has 0 saturated heterocycles. The lowest BCUT2D eigenvalue weighted by molar-refractivity contribution is 0.307.